The number of oxazole rings is 1. The molecule has 0 spiro atoms. The van der Waals surface area contributed by atoms with E-state index < -0.39 is 0 Å². The molecule has 3 nitrogen and oxygen atoms in total. The van der Waals surface area contributed by atoms with Crippen LogP contribution in [-0.4, -0.2) is 12.0 Å². The molecule has 0 aliphatic rings. The Balaban J connectivity index is 2.20. The highest BCUT2D eigenvalue weighted by Gasteiger charge is 2.17. The van der Waals surface area contributed by atoms with Gasteiger partial charge in [0.1, 0.15) is 6.26 Å². The van der Waals surface area contributed by atoms with Crippen LogP contribution in [0, 0.1) is 0 Å². The van der Waals surface area contributed by atoms with Crippen molar-refractivity contribution in [1.29, 1.82) is 0 Å². The van der Waals surface area contributed by atoms with Crippen LogP contribution in [0.3, 0.4) is 0 Å². The molecular weight excluding hydrogens is 271 g/mol. The normalized spacial score (nSPS) is 12.4. The van der Waals surface area contributed by atoms with Crippen LogP contribution in [0.1, 0.15) is 24.2 Å². The highest BCUT2D eigenvalue weighted by molar-refractivity contribution is 6.30. The molecule has 0 amide bonds. The van der Waals surface area contributed by atoms with E-state index >= 15 is 0 Å². The van der Waals surface area contributed by atoms with E-state index in [1.54, 1.807) is 6.26 Å². The molecule has 1 aromatic carbocycles. The van der Waals surface area contributed by atoms with Crippen molar-refractivity contribution >= 4 is 29.2 Å². The van der Waals surface area contributed by atoms with Crippen LogP contribution >= 0.6 is 23.2 Å². The van der Waals surface area contributed by atoms with E-state index in [2.05, 4.69) is 11.9 Å². The summed E-state index contributed by atoms with van der Waals surface area (Å²) in [5.41, 5.74) is 1.84. The number of aromatic nitrogens is 1. The zero-order chi connectivity index (χ0) is 13.1. The van der Waals surface area contributed by atoms with Crippen LogP contribution in [0.15, 0.2) is 34.9 Å². The Morgan fingerprint density at radius 2 is 2.22 bits per heavy atom. The van der Waals surface area contributed by atoms with E-state index in [4.69, 9.17) is 27.6 Å². The minimum absolute atomic E-state index is 0.116. The van der Waals surface area contributed by atoms with Gasteiger partial charge in [-0.05, 0) is 24.6 Å². The molecule has 0 aliphatic heterocycles. The lowest BCUT2D eigenvalue weighted by atomic mass is 10.1. The van der Waals surface area contributed by atoms with Crippen LogP contribution in [0.4, 0.5) is 6.01 Å². The van der Waals surface area contributed by atoms with Crippen molar-refractivity contribution in [3.05, 3.63) is 46.8 Å². The standard InChI is InChI=1S/C13H14Cl2N2O/c1-9(10-4-3-5-11(15)6-10)17(2)13-16-12(7-14)8-18-13/h3-6,8-9H,7H2,1-2H3. The summed E-state index contributed by atoms with van der Waals surface area (Å²) in [6.07, 6.45) is 1.57. The van der Waals surface area contributed by atoms with Gasteiger partial charge in [0.05, 0.1) is 17.6 Å². The van der Waals surface area contributed by atoms with Crippen LogP contribution in [0.5, 0.6) is 0 Å². The quantitative estimate of drug-likeness (QED) is 0.786. The van der Waals surface area contributed by atoms with E-state index in [0.717, 1.165) is 16.3 Å². The van der Waals surface area contributed by atoms with Crippen molar-refractivity contribution in [2.75, 3.05) is 11.9 Å². The zero-order valence-corrected chi connectivity index (χ0v) is 11.7. The smallest absolute Gasteiger partial charge is 0.297 e. The SMILES string of the molecule is CC(c1cccc(Cl)c1)N(C)c1nc(CCl)co1. The van der Waals surface area contributed by atoms with Gasteiger partial charge in [-0.1, -0.05) is 23.7 Å². The number of hydrogen-bond donors (Lipinski definition) is 0. The fourth-order valence-electron chi connectivity index (χ4n) is 1.68. The van der Waals surface area contributed by atoms with Gasteiger partial charge in [-0.3, -0.25) is 0 Å². The molecule has 1 heterocycles. The van der Waals surface area contributed by atoms with Gasteiger partial charge in [0, 0.05) is 12.1 Å². The first-order chi connectivity index (χ1) is 8.61. The highest BCUT2D eigenvalue weighted by Crippen LogP contribution is 2.26. The monoisotopic (exact) mass is 284 g/mol. The molecule has 1 atom stereocenters. The van der Waals surface area contributed by atoms with Crippen molar-refractivity contribution in [2.24, 2.45) is 0 Å². The summed E-state index contributed by atoms with van der Waals surface area (Å²) < 4.78 is 5.39. The van der Waals surface area contributed by atoms with E-state index in [9.17, 15) is 0 Å². The Kier molecular flexibility index (Phi) is 4.15. The molecular formula is C13H14Cl2N2O. The Hall–Kier alpha value is -1.19. The third-order valence-electron chi connectivity index (χ3n) is 2.89. The largest absolute Gasteiger partial charge is 0.432 e. The number of nitrogens with zero attached hydrogens (tertiary/aromatic N) is 2. The molecule has 0 radical (unpaired) electrons. The molecule has 0 N–H and O–H groups in total. The van der Waals surface area contributed by atoms with Crippen LogP contribution in [-0.2, 0) is 5.88 Å². The Labute approximate surface area is 116 Å². The number of benzene rings is 1. The maximum absolute atomic E-state index is 5.99. The first-order valence-corrected chi connectivity index (χ1v) is 6.51. The number of rotatable bonds is 4. The van der Waals surface area contributed by atoms with E-state index in [1.165, 1.54) is 0 Å². The molecule has 0 saturated carbocycles. The summed E-state index contributed by atoms with van der Waals surface area (Å²) in [5.74, 6) is 0.350. The summed E-state index contributed by atoms with van der Waals surface area (Å²) in [7, 11) is 1.93. The van der Waals surface area contributed by atoms with Gasteiger partial charge in [0.2, 0.25) is 0 Å². The Morgan fingerprint density at radius 3 is 2.83 bits per heavy atom. The second-order valence-corrected chi connectivity index (χ2v) is 4.80. The molecule has 96 valence electrons. The average Bonchev–Trinajstić information content (AvgIpc) is 2.85. The Morgan fingerprint density at radius 1 is 1.44 bits per heavy atom. The molecule has 1 aromatic heterocycles. The van der Waals surface area contributed by atoms with Gasteiger partial charge in [-0.25, -0.2) is 0 Å². The van der Waals surface area contributed by atoms with Gasteiger partial charge in [-0.2, -0.15) is 4.98 Å². The summed E-state index contributed by atoms with van der Waals surface area (Å²) >= 11 is 11.7. The molecule has 0 fully saturated rings. The topological polar surface area (TPSA) is 29.3 Å². The number of alkyl halides is 1. The van der Waals surface area contributed by atoms with Crippen molar-refractivity contribution in [3.8, 4) is 0 Å². The lowest BCUT2D eigenvalue weighted by Gasteiger charge is -2.23. The molecule has 2 aromatic rings. The van der Waals surface area contributed by atoms with E-state index in [-0.39, 0.29) is 6.04 Å². The molecule has 5 heteroatoms. The minimum Gasteiger partial charge on any atom is -0.432 e. The third-order valence-corrected chi connectivity index (χ3v) is 3.40. The maximum atomic E-state index is 5.99. The molecule has 0 aliphatic carbocycles. The van der Waals surface area contributed by atoms with Crippen LogP contribution in [0.25, 0.3) is 0 Å². The predicted molar refractivity (Wildman–Crippen MR) is 74.3 cm³/mol. The summed E-state index contributed by atoms with van der Waals surface area (Å²) in [6.45, 7) is 2.07. The summed E-state index contributed by atoms with van der Waals surface area (Å²) in [5, 5.41) is 0.724. The van der Waals surface area contributed by atoms with Gasteiger partial charge in [0.15, 0.2) is 0 Å². The van der Waals surface area contributed by atoms with Gasteiger partial charge in [0.25, 0.3) is 6.01 Å². The molecule has 0 bridgehead atoms. The fourth-order valence-corrected chi connectivity index (χ4v) is 2.00. The third kappa shape index (κ3) is 2.79. The average molecular weight is 285 g/mol. The number of halogens is 2. The van der Waals surface area contributed by atoms with E-state index in [0.29, 0.717) is 11.9 Å². The first-order valence-electron chi connectivity index (χ1n) is 5.60. The van der Waals surface area contributed by atoms with Gasteiger partial charge >= 0.3 is 0 Å². The minimum atomic E-state index is 0.116. The second kappa shape index (κ2) is 5.63. The van der Waals surface area contributed by atoms with Crippen molar-refractivity contribution in [2.45, 2.75) is 18.8 Å². The lowest BCUT2D eigenvalue weighted by molar-refractivity contribution is 0.526. The van der Waals surface area contributed by atoms with Crippen LogP contribution < -0.4 is 4.90 Å². The summed E-state index contributed by atoms with van der Waals surface area (Å²) in [6, 6.07) is 8.42. The second-order valence-electron chi connectivity index (χ2n) is 4.10. The lowest BCUT2D eigenvalue weighted by Crippen LogP contribution is -2.21. The van der Waals surface area contributed by atoms with Gasteiger partial charge in [-0.15, -0.1) is 11.6 Å². The van der Waals surface area contributed by atoms with Crippen molar-refractivity contribution in [1.82, 2.24) is 4.98 Å². The highest BCUT2D eigenvalue weighted by atomic mass is 35.5. The fraction of sp³-hybridized carbons (Fsp3) is 0.308. The molecule has 0 saturated heterocycles. The number of anilines is 1. The first kappa shape index (κ1) is 13.2. The predicted octanol–water partition coefficient (Wildman–Crippen LogP) is 4.26. The molecule has 1 unspecified atom stereocenters. The zero-order valence-electron chi connectivity index (χ0n) is 10.2. The molecule has 2 rings (SSSR count). The van der Waals surface area contributed by atoms with Gasteiger partial charge < -0.3 is 9.32 Å². The molecule has 18 heavy (non-hydrogen) atoms. The maximum Gasteiger partial charge on any atom is 0.297 e. The van der Waals surface area contributed by atoms with Crippen LogP contribution in [0.2, 0.25) is 5.02 Å². The van der Waals surface area contributed by atoms with E-state index in [1.807, 2.05) is 36.2 Å². The Bertz CT molecular complexity index is 527. The number of hydrogen-bond acceptors (Lipinski definition) is 3. The van der Waals surface area contributed by atoms with Crippen molar-refractivity contribution in [3.63, 3.8) is 0 Å². The summed E-state index contributed by atoms with van der Waals surface area (Å²) in [4.78, 5) is 6.24. The van der Waals surface area contributed by atoms with Crippen molar-refractivity contribution < 1.29 is 4.42 Å².